The van der Waals surface area contributed by atoms with Crippen molar-refractivity contribution >= 4 is 5.97 Å². The Kier molecular flexibility index (Phi) is 3.84. The number of carboxylic acid groups (broad SMARTS) is 1. The van der Waals surface area contributed by atoms with Crippen LogP contribution in [-0.4, -0.2) is 11.1 Å². The molecular weight excluding hydrogens is 292 g/mol. The number of benzene rings is 2. The maximum Gasteiger partial charge on any atom is 0.416 e. The van der Waals surface area contributed by atoms with E-state index >= 15 is 0 Å². The van der Waals surface area contributed by atoms with Crippen molar-refractivity contribution in [3.63, 3.8) is 0 Å². The van der Waals surface area contributed by atoms with Crippen LogP contribution in [0.5, 0.6) is 11.5 Å². The largest absolute Gasteiger partial charge is 0.478 e. The second-order valence-corrected chi connectivity index (χ2v) is 4.05. The van der Waals surface area contributed by atoms with Gasteiger partial charge in [-0.15, -0.1) is 0 Å². The average molecular weight is 300 g/mol. The minimum absolute atomic E-state index is 0.278. The molecule has 0 aromatic heterocycles. The fraction of sp³-hybridized carbons (Fsp3) is 0.0714. The predicted molar refractivity (Wildman–Crippen MR) is 64.9 cm³/mol. The zero-order chi connectivity index (χ0) is 15.6. The number of carboxylic acids is 1. The van der Waals surface area contributed by atoms with Crippen LogP contribution < -0.4 is 4.74 Å². The Labute approximate surface area is 116 Å². The van der Waals surface area contributed by atoms with Gasteiger partial charge in [-0.05, 0) is 30.3 Å². The third-order valence-electron chi connectivity index (χ3n) is 2.59. The van der Waals surface area contributed by atoms with Gasteiger partial charge in [-0.3, -0.25) is 0 Å². The Balaban J connectivity index is 2.45. The Hall–Kier alpha value is -2.57. The lowest BCUT2D eigenvalue weighted by atomic mass is 10.1. The van der Waals surface area contributed by atoms with Crippen molar-refractivity contribution in [2.45, 2.75) is 6.18 Å². The van der Waals surface area contributed by atoms with E-state index in [-0.39, 0.29) is 11.5 Å². The Morgan fingerprint density at radius 2 is 1.71 bits per heavy atom. The van der Waals surface area contributed by atoms with Gasteiger partial charge in [0.25, 0.3) is 0 Å². The van der Waals surface area contributed by atoms with Crippen LogP contribution in [0.2, 0.25) is 0 Å². The highest BCUT2D eigenvalue weighted by Crippen LogP contribution is 2.34. The molecule has 21 heavy (non-hydrogen) atoms. The third-order valence-corrected chi connectivity index (χ3v) is 2.59. The van der Waals surface area contributed by atoms with Crippen molar-refractivity contribution in [2.75, 3.05) is 0 Å². The summed E-state index contributed by atoms with van der Waals surface area (Å²) in [7, 11) is 0. The summed E-state index contributed by atoms with van der Waals surface area (Å²) in [5.41, 5.74) is -1.83. The topological polar surface area (TPSA) is 46.5 Å². The van der Waals surface area contributed by atoms with Crippen LogP contribution in [0.25, 0.3) is 0 Å². The fourth-order valence-electron chi connectivity index (χ4n) is 1.61. The van der Waals surface area contributed by atoms with Crippen molar-refractivity contribution in [3.05, 3.63) is 59.4 Å². The normalized spacial score (nSPS) is 11.2. The van der Waals surface area contributed by atoms with Gasteiger partial charge in [-0.2, -0.15) is 13.2 Å². The Morgan fingerprint density at radius 1 is 1.05 bits per heavy atom. The molecule has 110 valence electrons. The highest BCUT2D eigenvalue weighted by molar-refractivity contribution is 5.91. The summed E-state index contributed by atoms with van der Waals surface area (Å²) >= 11 is 0. The molecule has 0 bridgehead atoms. The van der Waals surface area contributed by atoms with Crippen molar-refractivity contribution < 1.29 is 32.2 Å². The first kappa shape index (κ1) is 14.8. The molecule has 0 aliphatic heterocycles. The lowest BCUT2D eigenvalue weighted by Gasteiger charge is -2.12. The summed E-state index contributed by atoms with van der Waals surface area (Å²) < 4.78 is 56.2. The van der Waals surface area contributed by atoms with E-state index in [0.717, 1.165) is 12.1 Å². The zero-order valence-corrected chi connectivity index (χ0v) is 10.3. The van der Waals surface area contributed by atoms with E-state index < -0.39 is 29.1 Å². The van der Waals surface area contributed by atoms with E-state index in [1.165, 1.54) is 18.2 Å². The molecule has 0 atom stereocenters. The molecule has 0 fully saturated rings. The molecule has 2 rings (SSSR count). The number of rotatable bonds is 3. The number of halogens is 4. The summed E-state index contributed by atoms with van der Waals surface area (Å²) in [4.78, 5) is 11.0. The summed E-state index contributed by atoms with van der Waals surface area (Å²) in [6.07, 6.45) is -4.68. The van der Waals surface area contributed by atoms with Gasteiger partial charge >= 0.3 is 12.1 Å². The van der Waals surface area contributed by atoms with Gasteiger partial charge in [-0.1, -0.05) is 12.1 Å². The van der Waals surface area contributed by atoms with Crippen LogP contribution in [0.15, 0.2) is 42.5 Å². The van der Waals surface area contributed by atoms with E-state index in [9.17, 15) is 22.4 Å². The van der Waals surface area contributed by atoms with Crippen LogP contribution in [0.1, 0.15) is 15.9 Å². The van der Waals surface area contributed by atoms with E-state index in [1.54, 1.807) is 0 Å². The van der Waals surface area contributed by atoms with Gasteiger partial charge in [0.1, 0.15) is 11.3 Å². The molecule has 0 aliphatic carbocycles. The number of ether oxygens (including phenoxy) is 1. The molecule has 0 radical (unpaired) electrons. The molecule has 3 nitrogen and oxygen atoms in total. The first-order chi connectivity index (χ1) is 9.79. The van der Waals surface area contributed by atoms with E-state index in [1.807, 2.05) is 0 Å². The number of hydrogen-bond acceptors (Lipinski definition) is 2. The molecule has 2 aromatic rings. The summed E-state index contributed by atoms with van der Waals surface area (Å²) in [5.74, 6) is -3.01. The SMILES string of the molecule is O=C(O)c1cc(C(F)(F)F)ccc1Oc1ccccc1F. The Morgan fingerprint density at radius 3 is 2.29 bits per heavy atom. The number of carbonyl (C=O) groups is 1. The second-order valence-electron chi connectivity index (χ2n) is 4.05. The monoisotopic (exact) mass is 300 g/mol. The molecule has 0 amide bonds. The standard InChI is InChI=1S/C14H8F4O3/c15-10-3-1-2-4-12(10)21-11-6-5-8(14(16,17)18)7-9(11)13(19)20/h1-7H,(H,19,20). The van der Waals surface area contributed by atoms with Gasteiger partial charge in [-0.25, -0.2) is 9.18 Å². The van der Waals surface area contributed by atoms with Gasteiger partial charge in [0.2, 0.25) is 0 Å². The fourth-order valence-corrected chi connectivity index (χ4v) is 1.61. The summed E-state index contributed by atoms with van der Waals surface area (Å²) in [6, 6.07) is 7.12. The maximum atomic E-state index is 13.4. The highest BCUT2D eigenvalue weighted by atomic mass is 19.4. The third kappa shape index (κ3) is 3.31. The summed E-state index contributed by atoms with van der Waals surface area (Å²) in [6.45, 7) is 0. The summed E-state index contributed by atoms with van der Waals surface area (Å²) in [5, 5.41) is 8.96. The molecule has 0 heterocycles. The van der Waals surface area contributed by atoms with Crippen LogP contribution in [0, 0.1) is 5.82 Å². The van der Waals surface area contributed by atoms with Gasteiger partial charge < -0.3 is 9.84 Å². The Bertz CT molecular complexity index is 680. The molecule has 7 heteroatoms. The van der Waals surface area contributed by atoms with Crippen LogP contribution in [-0.2, 0) is 6.18 Å². The number of aromatic carboxylic acids is 1. The molecule has 0 unspecified atom stereocenters. The number of para-hydroxylation sites is 1. The molecule has 0 saturated heterocycles. The van der Waals surface area contributed by atoms with Crippen molar-refractivity contribution in [2.24, 2.45) is 0 Å². The molecule has 0 saturated carbocycles. The maximum absolute atomic E-state index is 13.4. The zero-order valence-electron chi connectivity index (χ0n) is 10.3. The first-order valence-corrected chi connectivity index (χ1v) is 5.66. The minimum atomic E-state index is -4.68. The molecular formula is C14H8F4O3. The number of alkyl halides is 3. The highest BCUT2D eigenvalue weighted by Gasteiger charge is 2.32. The quantitative estimate of drug-likeness (QED) is 0.858. The molecule has 0 aliphatic rings. The van der Waals surface area contributed by atoms with Gasteiger partial charge in [0.15, 0.2) is 11.6 Å². The van der Waals surface area contributed by atoms with Crippen LogP contribution >= 0.6 is 0 Å². The van der Waals surface area contributed by atoms with Gasteiger partial charge in [0, 0.05) is 0 Å². The average Bonchev–Trinajstić information content (AvgIpc) is 2.40. The van der Waals surface area contributed by atoms with E-state index in [4.69, 9.17) is 9.84 Å². The first-order valence-electron chi connectivity index (χ1n) is 5.66. The lowest BCUT2D eigenvalue weighted by Crippen LogP contribution is -2.08. The number of hydrogen-bond donors (Lipinski definition) is 1. The van der Waals surface area contributed by atoms with Crippen molar-refractivity contribution in [1.82, 2.24) is 0 Å². The molecule has 0 spiro atoms. The molecule has 1 N–H and O–H groups in total. The minimum Gasteiger partial charge on any atom is -0.478 e. The van der Waals surface area contributed by atoms with E-state index in [2.05, 4.69) is 0 Å². The van der Waals surface area contributed by atoms with Crippen molar-refractivity contribution in [3.8, 4) is 11.5 Å². The van der Waals surface area contributed by atoms with Crippen LogP contribution in [0.3, 0.4) is 0 Å². The smallest absolute Gasteiger partial charge is 0.416 e. The molecule has 2 aromatic carbocycles. The van der Waals surface area contributed by atoms with Gasteiger partial charge in [0.05, 0.1) is 5.56 Å². The van der Waals surface area contributed by atoms with Crippen molar-refractivity contribution in [1.29, 1.82) is 0 Å². The van der Waals surface area contributed by atoms with E-state index in [0.29, 0.717) is 12.1 Å². The predicted octanol–water partition coefficient (Wildman–Crippen LogP) is 4.34. The van der Waals surface area contributed by atoms with Crippen LogP contribution in [0.4, 0.5) is 17.6 Å². The second kappa shape index (κ2) is 5.43. The lowest BCUT2D eigenvalue weighted by molar-refractivity contribution is -0.137.